The van der Waals surface area contributed by atoms with Gasteiger partial charge in [0.2, 0.25) is 0 Å². The number of pyridine rings is 1. The van der Waals surface area contributed by atoms with Gasteiger partial charge in [0.25, 0.3) is 0 Å². The predicted octanol–water partition coefficient (Wildman–Crippen LogP) is 2.24. The number of fused-ring (bicyclic) bond motifs is 2. The molecular weight excluding hydrogens is 212 g/mol. The van der Waals surface area contributed by atoms with Crippen LogP contribution in [-0.2, 0) is 5.41 Å². The lowest BCUT2D eigenvalue weighted by Gasteiger charge is -2.07. The van der Waals surface area contributed by atoms with Crippen molar-refractivity contribution in [2.45, 2.75) is 25.2 Å². The van der Waals surface area contributed by atoms with Crippen molar-refractivity contribution in [3.8, 4) is 11.1 Å². The van der Waals surface area contributed by atoms with Gasteiger partial charge < -0.3 is 5.32 Å². The Labute approximate surface area is 99.5 Å². The van der Waals surface area contributed by atoms with Crippen molar-refractivity contribution in [2.24, 2.45) is 0 Å². The van der Waals surface area contributed by atoms with Crippen LogP contribution in [0.25, 0.3) is 11.1 Å². The first-order chi connectivity index (χ1) is 8.28. The third kappa shape index (κ3) is 1.18. The number of H-pyrrole nitrogens is 1. The first-order valence-corrected chi connectivity index (χ1v) is 6.03. The SMILES string of the molecule is Cc1[nH]ncc1-c1cnc2c(c1)C1(CC1)CN2. The quantitative estimate of drug-likeness (QED) is 0.784. The van der Waals surface area contributed by atoms with Crippen molar-refractivity contribution in [3.63, 3.8) is 0 Å². The van der Waals surface area contributed by atoms with Crippen LogP contribution in [0.1, 0.15) is 24.1 Å². The molecule has 2 aliphatic rings. The van der Waals surface area contributed by atoms with Gasteiger partial charge in [0.05, 0.1) is 6.20 Å². The molecule has 1 spiro atoms. The van der Waals surface area contributed by atoms with Crippen LogP contribution in [0.15, 0.2) is 18.5 Å². The van der Waals surface area contributed by atoms with Gasteiger partial charge in [-0.05, 0) is 25.8 Å². The fourth-order valence-corrected chi connectivity index (χ4v) is 2.74. The fraction of sp³-hybridized carbons (Fsp3) is 0.385. The van der Waals surface area contributed by atoms with Gasteiger partial charge in [-0.15, -0.1) is 0 Å². The standard InChI is InChI=1S/C13H14N4/c1-8-10(6-16-17-8)9-4-11-12(14-5-9)15-7-13(11)2-3-13/h4-6H,2-3,7H2,1H3,(H,14,15)(H,16,17). The lowest BCUT2D eigenvalue weighted by molar-refractivity contribution is 0.778. The van der Waals surface area contributed by atoms with Gasteiger partial charge in [-0.3, -0.25) is 5.10 Å². The summed E-state index contributed by atoms with van der Waals surface area (Å²) in [7, 11) is 0. The Morgan fingerprint density at radius 3 is 2.88 bits per heavy atom. The molecule has 2 aromatic rings. The summed E-state index contributed by atoms with van der Waals surface area (Å²) in [6.45, 7) is 3.10. The lowest BCUT2D eigenvalue weighted by atomic mass is 9.97. The van der Waals surface area contributed by atoms with E-state index in [4.69, 9.17) is 0 Å². The number of nitrogens with zero attached hydrogens (tertiary/aromatic N) is 2. The number of rotatable bonds is 1. The highest BCUT2D eigenvalue weighted by molar-refractivity contribution is 5.70. The maximum atomic E-state index is 4.54. The second-order valence-corrected chi connectivity index (χ2v) is 5.16. The molecule has 1 aliphatic heterocycles. The molecule has 0 atom stereocenters. The van der Waals surface area contributed by atoms with Gasteiger partial charge in [0.1, 0.15) is 5.82 Å². The Balaban J connectivity index is 1.87. The summed E-state index contributed by atoms with van der Waals surface area (Å²) in [4.78, 5) is 4.54. The maximum absolute atomic E-state index is 4.54. The summed E-state index contributed by atoms with van der Waals surface area (Å²) >= 11 is 0. The molecule has 1 fully saturated rings. The number of nitrogens with one attached hydrogen (secondary N) is 2. The number of anilines is 1. The zero-order chi connectivity index (χ0) is 11.5. The van der Waals surface area contributed by atoms with E-state index in [1.165, 1.54) is 24.0 Å². The molecule has 0 amide bonds. The third-order valence-corrected chi connectivity index (χ3v) is 4.05. The molecule has 1 saturated carbocycles. The van der Waals surface area contributed by atoms with E-state index in [0.717, 1.165) is 23.6 Å². The Morgan fingerprint density at radius 2 is 2.18 bits per heavy atom. The first kappa shape index (κ1) is 9.22. The van der Waals surface area contributed by atoms with Crippen molar-refractivity contribution in [1.82, 2.24) is 15.2 Å². The minimum atomic E-state index is 0.399. The van der Waals surface area contributed by atoms with Crippen molar-refractivity contribution >= 4 is 5.82 Å². The average Bonchev–Trinajstić information content (AvgIpc) is 2.87. The van der Waals surface area contributed by atoms with Crippen LogP contribution >= 0.6 is 0 Å². The zero-order valence-corrected chi connectivity index (χ0v) is 9.75. The van der Waals surface area contributed by atoms with Gasteiger partial charge >= 0.3 is 0 Å². The van der Waals surface area contributed by atoms with Crippen molar-refractivity contribution in [1.29, 1.82) is 0 Å². The van der Waals surface area contributed by atoms with Gasteiger partial charge in [0.15, 0.2) is 0 Å². The van der Waals surface area contributed by atoms with Crippen LogP contribution in [0.3, 0.4) is 0 Å². The number of aryl methyl sites for hydroxylation is 1. The Hall–Kier alpha value is -1.84. The summed E-state index contributed by atoms with van der Waals surface area (Å²) < 4.78 is 0. The third-order valence-electron chi connectivity index (χ3n) is 4.05. The van der Waals surface area contributed by atoms with Crippen LogP contribution in [0, 0.1) is 6.92 Å². The minimum Gasteiger partial charge on any atom is -0.369 e. The number of aromatic nitrogens is 3. The maximum Gasteiger partial charge on any atom is 0.129 e. The molecule has 0 bridgehead atoms. The summed E-state index contributed by atoms with van der Waals surface area (Å²) in [6, 6.07) is 2.28. The molecule has 0 radical (unpaired) electrons. The fourth-order valence-electron chi connectivity index (χ4n) is 2.74. The van der Waals surface area contributed by atoms with Crippen LogP contribution in [-0.4, -0.2) is 21.7 Å². The van der Waals surface area contributed by atoms with Crippen molar-refractivity contribution in [3.05, 3.63) is 29.7 Å². The minimum absolute atomic E-state index is 0.399. The molecule has 1 aliphatic carbocycles. The summed E-state index contributed by atoms with van der Waals surface area (Å²) in [6.07, 6.45) is 6.40. The second kappa shape index (κ2) is 2.88. The van der Waals surface area contributed by atoms with Gasteiger partial charge in [0, 0.05) is 40.5 Å². The summed E-state index contributed by atoms with van der Waals surface area (Å²) in [5, 5.41) is 10.5. The molecule has 2 aromatic heterocycles. The first-order valence-electron chi connectivity index (χ1n) is 6.03. The molecule has 17 heavy (non-hydrogen) atoms. The zero-order valence-electron chi connectivity index (χ0n) is 9.75. The Kier molecular flexibility index (Phi) is 1.56. The predicted molar refractivity (Wildman–Crippen MR) is 66.0 cm³/mol. The van der Waals surface area contributed by atoms with E-state index in [9.17, 15) is 0 Å². The van der Waals surface area contributed by atoms with Crippen LogP contribution in [0.5, 0.6) is 0 Å². The van der Waals surface area contributed by atoms with Gasteiger partial charge in [-0.1, -0.05) is 0 Å². The second-order valence-electron chi connectivity index (χ2n) is 5.16. The normalized spacial score (nSPS) is 19.1. The van der Waals surface area contributed by atoms with E-state index in [1.807, 2.05) is 19.3 Å². The van der Waals surface area contributed by atoms with Crippen LogP contribution < -0.4 is 5.32 Å². The number of hydrogen-bond acceptors (Lipinski definition) is 3. The average molecular weight is 226 g/mol. The van der Waals surface area contributed by atoms with Crippen molar-refractivity contribution in [2.75, 3.05) is 11.9 Å². The van der Waals surface area contributed by atoms with E-state index in [1.54, 1.807) is 0 Å². The molecule has 4 heteroatoms. The molecule has 4 rings (SSSR count). The monoisotopic (exact) mass is 226 g/mol. The van der Waals surface area contributed by atoms with Crippen molar-refractivity contribution < 1.29 is 0 Å². The van der Waals surface area contributed by atoms with E-state index in [0.29, 0.717) is 5.41 Å². The van der Waals surface area contributed by atoms with Crippen LogP contribution in [0.4, 0.5) is 5.82 Å². The summed E-state index contributed by atoms with van der Waals surface area (Å²) in [5.74, 6) is 1.08. The lowest BCUT2D eigenvalue weighted by Crippen LogP contribution is -2.08. The van der Waals surface area contributed by atoms with Gasteiger partial charge in [-0.2, -0.15) is 5.10 Å². The highest BCUT2D eigenvalue weighted by Gasteiger charge is 2.49. The molecule has 4 nitrogen and oxygen atoms in total. The van der Waals surface area contributed by atoms with E-state index in [-0.39, 0.29) is 0 Å². The topological polar surface area (TPSA) is 53.6 Å². The highest BCUT2D eigenvalue weighted by atomic mass is 15.1. The smallest absolute Gasteiger partial charge is 0.129 e. The van der Waals surface area contributed by atoms with E-state index < -0.39 is 0 Å². The molecule has 3 heterocycles. The highest BCUT2D eigenvalue weighted by Crippen LogP contribution is 2.54. The molecule has 0 aromatic carbocycles. The molecular formula is C13H14N4. The molecule has 0 saturated heterocycles. The molecule has 2 N–H and O–H groups in total. The van der Waals surface area contributed by atoms with Gasteiger partial charge in [-0.25, -0.2) is 4.98 Å². The van der Waals surface area contributed by atoms with E-state index in [2.05, 4.69) is 26.6 Å². The van der Waals surface area contributed by atoms with Crippen LogP contribution in [0.2, 0.25) is 0 Å². The summed E-state index contributed by atoms with van der Waals surface area (Å²) in [5.41, 5.74) is 5.22. The Morgan fingerprint density at radius 1 is 1.29 bits per heavy atom. The molecule has 0 unspecified atom stereocenters. The molecule has 86 valence electrons. The van der Waals surface area contributed by atoms with E-state index >= 15 is 0 Å². The number of hydrogen-bond donors (Lipinski definition) is 2. The Bertz CT molecular complexity index is 595. The number of aromatic amines is 1. The largest absolute Gasteiger partial charge is 0.369 e.